The Labute approximate surface area is 239 Å². The third-order valence-electron chi connectivity index (χ3n) is 7.04. The van der Waals surface area contributed by atoms with Gasteiger partial charge in [-0.3, -0.25) is 9.36 Å². The fourth-order valence-electron chi connectivity index (χ4n) is 5.09. The number of carbonyl (C=O) groups excluding carboxylic acids is 2. The number of halogens is 1. The van der Waals surface area contributed by atoms with Crippen LogP contribution in [0.25, 0.3) is 0 Å². The molecule has 2 N–H and O–H groups in total. The lowest BCUT2D eigenvalue weighted by Crippen LogP contribution is -2.39. The van der Waals surface area contributed by atoms with E-state index in [-0.39, 0.29) is 22.5 Å². The highest BCUT2D eigenvalue weighted by Gasteiger charge is 2.57. The molecule has 0 unspecified atom stereocenters. The Hall–Kier alpha value is -5.16. The van der Waals surface area contributed by atoms with Gasteiger partial charge < -0.3 is 19.9 Å². The van der Waals surface area contributed by atoms with Crippen LogP contribution in [0.1, 0.15) is 55.7 Å². The van der Waals surface area contributed by atoms with Gasteiger partial charge in [0.2, 0.25) is 0 Å². The maximum atomic E-state index is 16.8. The molecule has 10 nitrogen and oxygen atoms in total. The number of hydrogen-bond donors (Lipinski definition) is 2. The van der Waals surface area contributed by atoms with Gasteiger partial charge in [0, 0.05) is 11.8 Å². The van der Waals surface area contributed by atoms with Crippen LogP contribution in [0.3, 0.4) is 0 Å². The number of hydrogen-bond acceptors (Lipinski definition) is 7. The normalized spacial score (nSPS) is 21.4. The fourth-order valence-corrected chi connectivity index (χ4v) is 5.09. The van der Waals surface area contributed by atoms with Crippen molar-refractivity contribution in [2.24, 2.45) is 0 Å². The molecule has 0 aliphatic carbocycles. The summed E-state index contributed by atoms with van der Waals surface area (Å²) >= 11 is 0. The van der Waals surface area contributed by atoms with E-state index in [4.69, 9.17) is 9.47 Å². The first-order valence-electron chi connectivity index (χ1n) is 13.0. The standard InChI is InChI=1S/C31H26FN3O7/c1-31(32)25(21-14-8-9-15-22(21)27(37)38)23(18-41-28(39)20-12-6-3-7-13-20)42-29(31)35-17-16-24(34-30(35)40)33-26(36)19-10-4-2-5-11-19/h2-17,23,25,29H,18H2,1H3,(H,37,38)(H,33,34,36,40)/t23-,25+,29-,31+/m1/s1. The van der Waals surface area contributed by atoms with Crippen LogP contribution in [0.4, 0.5) is 10.2 Å². The fraction of sp³-hybridized carbons (Fsp3) is 0.194. The molecule has 0 bridgehead atoms. The Balaban J connectivity index is 1.46. The van der Waals surface area contributed by atoms with E-state index in [0.29, 0.717) is 5.56 Å². The first kappa shape index (κ1) is 28.4. The van der Waals surface area contributed by atoms with Gasteiger partial charge in [0.1, 0.15) is 18.5 Å². The summed E-state index contributed by atoms with van der Waals surface area (Å²) in [6.07, 6.45) is -1.50. The zero-order valence-corrected chi connectivity index (χ0v) is 22.3. The molecule has 42 heavy (non-hydrogen) atoms. The van der Waals surface area contributed by atoms with Crippen molar-refractivity contribution in [3.05, 3.63) is 130 Å². The first-order chi connectivity index (χ1) is 20.2. The van der Waals surface area contributed by atoms with Crippen LogP contribution in [0.2, 0.25) is 0 Å². The van der Waals surface area contributed by atoms with E-state index in [9.17, 15) is 24.3 Å². The molecule has 1 aliphatic rings. The molecule has 2 heterocycles. The summed E-state index contributed by atoms with van der Waals surface area (Å²) in [7, 11) is 0. The van der Waals surface area contributed by atoms with Gasteiger partial charge in [0.05, 0.1) is 17.0 Å². The molecule has 1 aliphatic heterocycles. The predicted molar refractivity (Wildman–Crippen MR) is 149 cm³/mol. The molecule has 3 aromatic carbocycles. The highest BCUT2D eigenvalue weighted by Crippen LogP contribution is 2.51. The van der Waals surface area contributed by atoms with Gasteiger partial charge in [-0.05, 0) is 48.9 Å². The number of amides is 1. The van der Waals surface area contributed by atoms with Crippen molar-refractivity contribution < 1.29 is 33.4 Å². The van der Waals surface area contributed by atoms with Crippen molar-refractivity contribution in [1.82, 2.24) is 9.55 Å². The average Bonchev–Trinajstić information content (AvgIpc) is 3.26. The number of esters is 1. The number of alkyl halides is 1. The van der Waals surface area contributed by atoms with Gasteiger partial charge in [-0.1, -0.05) is 54.6 Å². The summed E-state index contributed by atoms with van der Waals surface area (Å²) in [5.41, 5.74) is -2.69. The lowest BCUT2D eigenvalue weighted by Gasteiger charge is -2.29. The lowest BCUT2D eigenvalue weighted by atomic mass is 9.80. The second-order valence-corrected chi connectivity index (χ2v) is 9.84. The summed E-state index contributed by atoms with van der Waals surface area (Å²) in [5, 5.41) is 12.3. The molecule has 1 fully saturated rings. The predicted octanol–water partition coefficient (Wildman–Crippen LogP) is 4.46. The first-order valence-corrected chi connectivity index (χ1v) is 13.0. The molecule has 1 amide bonds. The number of aromatic nitrogens is 2. The van der Waals surface area contributed by atoms with E-state index in [1.165, 1.54) is 37.4 Å². The topological polar surface area (TPSA) is 137 Å². The maximum absolute atomic E-state index is 16.8. The molecule has 5 rings (SSSR count). The smallest absolute Gasteiger partial charge is 0.351 e. The van der Waals surface area contributed by atoms with Crippen molar-refractivity contribution >= 4 is 23.7 Å². The molecule has 0 spiro atoms. The van der Waals surface area contributed by atoms with Crippen LogP contribution in [-0.4, -0.2) is 50.9 Å². The molecule has 0 radical (unpaired) electrons. The van der Waals surface area contributed by atoms with Crippen molar-refractivity contribution in [2.45, 2.75) is 30.8 Å². The Morgan fingerprint density at radius 1 is 0.976 bits per heavy atom. The highest BCUT2D eigenvalue weighted by molar-refractivity contribution is 6.03. The number of carboxylic acids is 1. The summed E-state index contributed by atoms with van der Waals surface area (Å²) in [5.74, 6) is -3.74. The second-order valence-electron chi connectivity index (χ2n) is 9.84. The number of nitrogens with one attached hydrogen (secondary N) is 1. The van der Waals surface area contributed by atoms with E-state index >= 15 is 4.39 Å². The maximum Gasteiger partial charge on any atom is 0.351 e. The van der Waals surface area contributed by atoms with Crippen LogP contribution in [0, 0.1) is 0 Å². The number of ether oxygens (including phenoxy) is 2. The number of carbonyl (C=O) groups is 3. The minimum absolute atomic E-state index is 0.0511. The number of aromatic carboxylic acids is 1. The number of anilines is 1. The van der Waals surface area contributed by atoms with Gasteiger partial charge in [-0.15, -0.1) is 0 Å². The number of nitrogens with zero attached hydrogens (tertiary/aromatic N) is 2. The Kier molecular flexibility index (Phi) is 7.94. The molecule has 0 saturated carbocycles. The van der Waals surface area contributed by atoms with Crippen LogP contribution in [0.15, 0.2) is 102 Å². The molecular formula is C31H26FN3O7. The zero-order chi connectivity index (χ0) is 29.9. The van der Waals surface area contributed by atoms with Crippen molar-refractivity contribution in [3.63, 3.8) is 0 Å². The van der Waals surface area contributed by atoms with E-state index in [0.717, 1.165) is 4.57 Å². The molecule has 11 heteroatoms. The Bertz CT molecular complexity index is 1670. The highest BCUT2D eigenvalue weighted by atomic mass is 19.1. The van der Waals surface area contributed by atoms with Crippen LogP contribution in [0.5, 0.6) is 0 Å². The third-order valence-corrected chi connectivity index (χ3v) is 7.04. The molecule has 4 aromatic rings. The minimum Gasteiger partial charge on any atom is -0.478 e. The minimum atomic E-state index is -2.37. The summed E-state index contributed by atoms with van der Waals surface area (Å²) < 4.78 is 29.2. The van der Waals surface area contributed by atoms with E-state index < -0.39 is 54.1 Å². The van der Waals surface area contributed by atoms with Gasteiger partial charge in [-0.2, -0.15) is 4.98 Å². The Morgan fingerprint density at radius 2 is 1.60 bits per heavy atom. The largest absolute Gasteiger partial charge is 0.478 e. The quantitative estimate of drug-likeness (QED) is 0.296. The molecule has 214 valence electrons. The number of rotatable bonds is 8. The van der Waals surface area contributed by atoms with Crippen molar-refractivity contribution in [1.29, 1.82) is 0 Å². The molecule has 1 saturated heterocycles. The van der Waals surface area contributed by atoms with Crippen LogP contribution >= 0.6 is 0 Å². The zero-order valence-electron chi connectivity index (χ0n) is 22.3. The van der Waals surface area contributed by atoms with Gasteiger partial charge in [0.25, 0.3) is 5.91 Å². The number of carboxylic acid groups (broad SMARTS) is 1. The second kappa shape index (κ2) is 11.8. The molecule has 1 aromatic heterocycles. The summed E-state index contributed by atoms with van der Waals surface area (Å²) in [6.45, 7) is 0.771. The van der Waals surface area contributed by atoms with E-state index in [1.54, 1.807) is 66.7 Å². The van der Waals surface area contributed by atoms with Gasteiger partial charge >= 0.3 is 17.6 Å². The molecular weight excluding hydrogens is 545 g/mol. The lowest BCUT2D eigenvalue weighted by molar-refractivity contribution is -0.0642. The van der Waals surface area contributed by atoms with Crippen molar-refractivity contribution in [3.8, 4) is 0 Å². The third kappa shape index (κ3) is 5.68. The van der Waals surface area contributed by atoms with E-state index in [2.05, 4.69) is 10.3 Å². The van der Waals surface area contributed by atoms with E-state index in [1.807, 2.05) is 0 Å². The van der Waals surface area contributed by atoms with Gasteiger partial charge in [0.15, 0.2) is 11.9 Å². The van der Waals surface area contributed by atoms with Crippen molar-refractivity contribution in [2.75, 3.05) is 11.9 Å². The summed E-state index contributed by atoms with van der Waals surface area (Å²) in [4.78, 5) is 54.1. The van der Waals surface area contributed by atoms with Gasteiger partial charge in [-0.25, -0.2) is 18.8 Å². The summed E-state index contributed by atoms with van der Waals surface area (Å²) in [6, 6.07) is 23.7. The van der Waals surface area contributed by atoms with Crippen LogP contribution < -0.4 is 11.0 Å². The Morgan fingerprint density at radius 3 is 2.24 bits per heavy atom. The van der Waals surface area contributed by atoms with Crippen LogP contribution in [-0.2, 0) is 9.47 Å². The average molecular weight is 572 g/mol. The SMILES string of the molecule is C[C@]1(F)[C@@H](c2ccccc2C(=O)O)[C@@H](COC(=O)c2ccccc2)O[C@H]1n1ccc(NC(=O)c2ccccc2)nc1=O. The number of benzene rings is 3. The monoisotopic (exact) mass is 571 g/mol. The molecule has 4 atom stereocenters.